The van der Waals surface area contributed by atoms with E-state index in [4.69, 9.17) is 0 Å². The van der Waals surface area contributed by atoms with E-state index in [-0.39, 0.29) is 11.7 Å². The van der Waals surface area contributed by atoms with Crippen LogP contribution in [0.25, 0.3) is 0 Å². The summed E-state index contributed by atoms with van der Waals surface area (Å²) in [6.07, 6.45) is 4.43. The summed E-state index contributed by atoms with van der Waals surface area (Å²) < 4.78 is 15.4. The summed E-state index contributed by atoms with van der Waals surface area (Å²) in [5, 5.41) is 8.47. The van der Waals surface area contributed by atoms with Gasteiger partial charge >= 0.3 is 0 Å². The largest absolute Gasteiger partial charge is 0.311 e. The lowest BCUT2D eigenvalue weighted by molar-refractivity contribution is 0.101. The SMILES string of the molecule is Cc1nc(Cc2cc(F)cc(C3CC3)c2)sc1NC(=O)c1ccnn1C. The van der Waals surface area contributed by atoms with E-state index >= 15 is 0 Å². The number of benzene rings is 1. The van der Waals surface area contributed by atoms with Crippen LogP contribution in [-0.4, -0.2) is 20.7 Å². The molecule has 0 bridgehead atoms. The van der Waals surface area contributed by atoms with Gasteiger partial charge in [0.25, 0.3) is 5.91 Å². The summed E-state index contributed by atoms with van der Waals surface area (Å²) in [7, 11) is 1.72. The van der Waals surface area contributed by atoms with Crippen molar-refractivity contribution < 1.29 is 9.18 Å². The Bertz CT molecular complexity index is 974. The summed E-state index contributed by atoms with van der Waals surface area (Å²) in [5.74, 6) is 0.101. The Kier molecular flexibility index (Phi) is 4.32. The topological polar surface area (TPSA) is 59.8 Å². The zero-order valence-electron chi connectivity index (χ0n) is 14.6. The molecule has 0 radical (unpaired) electrons. The number of aryl methyl sites for hydroxylation is 2. The van der Waals surface area contributed by atoms with E-state index in [0.29, 0.717) is 23.0 Å². The molecular formula is C19H19FN4OS. The first-order valence-electron chi connectivity index (χ1n) is 8.54. The van der Waals surface area contributed by atoms with Crippen LogP contribution in [0, 0.1) is 12.7 Å². The quantitative estimate of drug-likeness (QED) is 0.737. The minimum Gasteiger partial charge on any atom is -0.311 e. The average molecular weight is 370 g/mol. The third-order valence-corrected chi connectivity index (χ3v) is 5.58. The summed E-state index contributed by atoms with van der Waals surface area (Å²) in [6, 6.07) is 6.94. The van der Waals surface area contributed by atoms with Crippen LogP contribution < -0.4 is 5.32 Å². The zero-order chi connectivity index (χ0) is 18.3. The fraction of sp³-hybridized carbons (Fsp3) is 0.316. The van der Waals surface area contributed by atoms with Crippen molar-refractivity contribution in [1.82, 2.24) is 14.8 Å². The fourth-order valence-electron chi connectivity index (χ4n) is 3.01. The molecule has 7 heteroatoms. The number of carbonyl (C=O) groups is 1. The highest BCUT2D eigenvalue weighted by Gasteiger charge is 2.24. The fourth-order valence-corrected chi connectivity index (χ4v) is 4.01. The van der Waals surface area contributed by atoms with Crippen LogP contribution in [0.2, 0.25) is 0 Å². The van der Waals surface area contributed by atoms with Gasteiger partial charge in [-0.25, -0.2) is 9.37 Å². The average Bonchev–Trinajstić information content (AvgIpc) is 3.26. The molecule has 26 heavy (non-hydrogen) atoms. The van der Waals surface area contributed by atoms with Gasteiger partial charge in [0.15, 0.2) is 0 Å². The van der Waals surface area contributed by atoms with Gasteiger partial charge in [-0.2, -0.15) is 5.10 Å². The summed E-state index contributed by atoms with van der Waals surface area (Å²) in [4.78, 5) is 16.9. The summed E-state index contributed by atoms with van der Waals surface area (Å²) in [5.41, 5.74) is 3.25. The number of rotatable bonds is 5. The van der Waals surface area contributed by atoms with E-state index in [2.05, 4.69) is 21.5 Å². The lowest BCUT2D eigenvalue weighted by Crippen LogP contribution is -2.15. The van der Waals surface area contributed by atoms with Crippen molar-refractivity contribution in [2.75, 3.05) is 5.32 Å². The molecule has 2 heterocycles. The van der Waals surface area contributed by atoms with Gasteiger partial charge in [0, 0.05) is 19.7 Å². The number of thiazole rings is 1. The maximum atomic E-state index is 13.9. The van der Waals surface area contributed by atoms with Crippen molar-refractivity contribution in [3.63, 3.8) is 0 Å². The number of anilines is 1. The minimum absolute atomic E-state index is 0.192. The Hall–Kier alpha value is -2.54. The molecule has 0 aliphatic heterocycles. The number of amides is 1. The lowest BCUT2D eigenvalue weighted by Gasteiger charge is -2.04. The van der Waals surface area contributed by atoms with Gasteiger partial charge in [0.05, 0.1) is 10.7 Å². The van der Waals surface area contributed by atoms with Gasteiger partial charge in [-0.3, -0.25) is 9.48 Å². The van der Waals surface area contributed by atoms with E-state index in [1.807, 2.05) is 6.92 Å². The third-order valence-electron chi connectivity index (χ3n) is 4.51. The monoisotopic (exact) mass is 370 g/mol. The van der Waals surface area contributed by atoms with Crippen LogP contribution in [0.5, 0.6) is 0 Å². The smallest absolute Gasteiger partial charge is 0.274 e. The number of nitrogens with one attached hydrogen (secondary N) is 1. The second kappa shape index (κ2) is 6.64. The van der Waals surface area contributed by atoms with E-state index in [1.165, 1.54) is 16.0 Å². The standard InChI is InChI=1S/C19H19FN4OS/c1-11-19(23-18(25)16-5-6-21-24(16)2)26-17(22-11)9-12-7-14(13-3-4-13)10-15(20)8-12/h5-8,10,13H,3-4,9H2,1-2H3,(H,23,25). The second-order valence-corrected chi connectivity index (χ2v) is 7.74. The van der Waals surface area contributed by atoms with Crippen molar-refractivity contribution >= 4 is 22.2 Å². The molecule has 1 aliphatic rings. The number of hydrogen-bond acceptors (Lipinski definition) is 4. The van der Waals surface area contributed by atoms with Gasteiger partial charge in [-0.05, 0) is 55.0 Å². The molecule has 2 aromatic heterocycles. The van der Waals surface area contributed by atoms with Gasteiger partial charge in [0.2, 0.25) is 0 Å². The van der Waals surface area contributed by atoms with Crippen molar-refractivity contribution in [3.8, 4) is 0 Å². The molecule has 0 saturated heterocycles. The van der Waals surface area contributed by atoms with E-state index in [9.17, 15) is 9.18 Å². The molecule has 1 saturated carbocycles. The molecule has 0 atom stereocenters. The van der Waals surface area contributed by atoms with Crippen LogP contribution in [0.3, 0.4) is 0 Å². The zero-order valence-corrected chi connectivity index (χ0v) is 15.4. The van der Waals surface area contributed by atoms with Gasteiger partial charge < -0.3 is 5.32 Å². The van der Waals surface area contributed by atoms with E-state index in [1.54, 1.807) is 31.4 Å². The molecule has 134 valence electrons. The van der Waals surface area contributed by atoms with Crippen LogP contribution in [-0.2, 0) is 13.5 Å². The first-order chi connectivity index (χ1) is 12.5. The highest BCUT2D eigenvalue weighted by molar-refractivity contribution is 7.16. The molecule has 1 fully saturated rings. The van der Waals surface area contributed by atoms with Gasteiger partial charge in [0.1, 0.15) is 16.5 Å². The maximum Gasteiger partial charge on any atom is 0.274 e. The molecular weight excluding hydrogens is 351 g/mol. The predicted molar refractivity (Wildman–Crippen MR) is 99.2 cm³/mol. The van der Waals surface area contributed by atoms with Crippen LogP contribution in [0.1, 0.15) is 51.1 Å². The predicted octanol–water partition coefficient (Wildman–Crippen LogP) is 4.04. The van der Waals surface area contributed by atoms with Crippen LogP contribution >= 0.6 is 11.3 Å². The molecule has 3 aromatic rings. The van der Waals surface area contributed by atoms with Crippen molar-refractivity contribution in [2.45, 2.75) is 32.1 Å². The maximum absolute atomic E-state index is 13.9. The molecule has 5 nitrogen and oxygen atoms in total. The molecule has 1 aliphatic carbocycles. The van der Waals surface area contributed by atoms with Gasteiger partial charge in [-0.1, -0.05) is 6.07 Å². The first-order valence-corrected chi connectivity index (χ1v) is 9.36. The second-order valence-electron chi connectivity index (χ2n) is 6.66. The van der Waals surface area contributed by atoms with Crippen LogP contribution in [0.4, 0.5) is 9.39 Å². The Balaban J connectivity index is 1.52. The Labute approximate surface area is 154 Å². The number of nitrogens with zero attached hydrogens (tertiary/aromatic N) is 3. The number of hydrogen-bond donors (Lipinski definition) is 1. The van der Waals surface area contributed by atoms with Crippen molar-refractivity contribution in [2.24, 2.45) is 7.05 Å². The lowest BCUT2D eigenvalue weighted by atomic mass is 10.0. The Morgan fingerprint density at radius 3 is 2.88 bits per heavy atom. The number of halogens is 1. The molecule has 0 spiro atoms. The summed E-state index contributed by atoms with van der Waals surface area (Å²) >= 11 is 1.43. The Morgan fingerprint density at radius 1 is 1.38 bits per heavy atom. The highest BCUT2D eigenvalue weighted by Crippen LogP contribution is 2.40. The third kappa shape index (κ3) is 3.53. The first kappa shape index (κ1) is 16.9. The molecule has 1 N–H and O–H groups in total. The minimum atomic E-state index is -0.218. The highest BCUT2D eigenvalue weighted by atomic mass is 32.1. The molecule has 1 amide bonds. The normalized spacial score (nSPS) is 13.8. The Morgan fingerprint density at radius 2 is 2.19 bits per heavy atom. The number of carbonyl (C=O) groups excluding carboxylic acids is 1. The number of aromatic nitrogens is 3. The van der Waals surface area contributed by atoms with Crippen molar-refractivity contribution in [3.05, 3.63) is 63.8 Å². The molecule has 4 rings (SSSR count). The van der Waals surface area contributed by atoms with Crippen LogP contribution in [0.15, 0.2) is 30.5 Å². The van der Waals surface area contributed by atoms with Crippen molar-refractivity contribution in [1.29, 1.82) is 0 Å². The molecule has 0 unspecified atom stereocenters. The summed E-state index contributed by atoms with van der Waals surface area (Å²) in [6.45, 7) is 1.86. The van der Waals surface area contributed by atoms with Gasteiger partial charge in [-0.15, -0.1) is 11.3 Å². The molecule has 1 aromatic carbocycles. The van der Waals surface area contributed by atoms with E-state index < -0.39 is 0 Å². The van der Waals surface area contributed by atoms with E-state index in [0.717, 1.165) is 34.7 Å².